The summed E-state index contributed by atoms with van der Waals surface area (Å²) in [5.41, 5.74) is 1.32. The van der Waals surface area contributed by atoms with E-state index in [0.29, 0.717) is 28.4 Å². The molecule has 142 valence electrons. The van der Waals surface area contributed by atoms with Gasteiger partial charge in [-0.2, -0.15) is 0 Å². The van der Waals surface area contributed by atoms with Crippen molar-refractivity contribution >= 4 is 29.2 Å². The number of hydrogen-bond donors (Lipinski definition) is 2. The average Bonchev–Trinajstić information content (AvgIpc) is 2.67. The van der Waals surface area contributed by atoms with Crippen LogP contribution in [0.5, 0.6) is 11.5 Å². The van der Waals surface area contributed by atoms with E-state index in [1.807, 2.05) is 0 Å². The molecule has 0 aliphatic heterocycles. The summed E-state index contributed by atoms with van der Waals surface area (Å²) < 4.78 is 10.4. The second-order valence-electron chi connectivity index (χ2n) is 5.52. The minimum absolute atomic E-state index is 0.179. The zero-order valence-corrected chi connectivity index (χ0v) is 14.9. The number of amides is 2. The summed E-state index contributed by atoms with van der Waals surface area (Å²) >= 11 is 0. The van der Waals surface area contributed by atoms with Gasteiger partial charge in [0.2, 0.25) is 5.91 Å². The first-order valence-corrected chi connectivity index (χ1v) is 8.06. The highest BCUT2D eigenvalue weighted by atomic mass is 16.5. The average molecular weight is 371 g/mol. The third-order valence-electron chi connectivity index (χ3n) is 3.64. The van der Waals surface area contributed by atoms with Crippen molar-refractivity contribution in [3.8, 4) is 11.5 Å². The molecule has 0 fully saturated rings. The van der Waals surface area contributed by atoms with Gasteiger partial charge in [0, 0.05) is 29.7 Å². The number of rotatable bonds is 8. The van der Waals surface area contributed by atoms with E-state index in [4.69, 9.17) is 9.47 Å². The molecule has 0 saturated heterocycles. The largest absolute Gasteiger partial charge is 0.550 e. The number of carboxylic acid groups (broad SMARTS) is 1. The van der Waals surface area contributed by atoms with Gasteiger partial charge in [0.1, 0.15) is 11.5 Å². The predicted octanol–water partition coefficient (Wildman–Crippen LogP) is 1.42. The first kappa shape index (κ1) is 19.8. The molecule has 8 nitrogen and oxygen atoms in total. The van der Waals surface area contributed by atoms with Gasteiger partial charge >= 0.3 is 0 Å². The molecule has 0 saturated carbocycles. The van der Waals surface area contributed by atoms with Gasteiger partial charge in [-0.15, -0.1) is 0 Å². The summed E-state index contributed by atoms with van der Waals surface area (Å²) in [6, 6.07) is 11.2. The lowest BCUT2D eigenvalue weighted by Gasteiger charge is -2.12. The first-order valence-electron chi connectivity index (χ1n) is 8.06. The summed E-state index contributed by atoms with van der Waals surface area (Å²) in [4.78, 5) is 34.3. The van der Waals surface area contributed by atoms with E-state index in [0.717, 1.165) is 0 Å². The zero-order valence-electron chi connectivity index (χ0n) is 14.9. The van der Waals surface area contributed by atoms with Gasteiger partial charge in [-0.05, 0) is 42.8 Å². The molecular weight excluding hydrogens is 352 g/mol. The topological polar surface area (TPSA) is 117 Å². The Balaban J connectivity index is 2.01. The van der Waals surface area contributed by atoms with Crippen molar-refractivity contribution in [1.82, 2.24) is 0 Å². The predicted molar refractivity (Wildman–Crippen MR) is 96.8 cm³/mol. The van der Waals surface area contributed by atoms with Crippen LogP contribution in [0.15, 0.2) is 42.5 Å². The monoisotopic (exact) mass is 371 g/mol. The van der Waals surface area contributed by atoms with Crippen LogP contribution in [0.2, 0.25) is 0 Å². The van der Waals surface area contributed by atoms with Crippen LogP contribution in [0.25, 0.3) is 0 Å². The number of nitrogens with one attached hydrogen (secondary N) is 2. The fraction of sp³-hybridized carbons (Fsp3) is 0.211. The van der Waals surface area contributed by atoms with Gasteiger partial charge in [0.25, 0.3) is 5.91 Å². The van der Waals surface area contributed by atoms with Crippen molar-refractivity contribution < 1.29 is 29.0 Å². The number of carbonyl (C=O) groups excluding carboxylic acids is 3. The molecule has 0 aromatic heterocycles. The van der Waals surface area contributed by atoms with Crippen molar-refractivity contribution in [2.45, 2.75) is 12.8 Å². The van der Waals surface area contributed by atoms with Gasteiger partial charge in [-0.25, -0.2) is 0 Å². The third-order valence-corrected chi connectivity index (χ3v) is 3.64. The maximum atomic E-state index is 12.4. The lowest BCUT2D eigenvalue weighted by molar-refractivity contribution is -0.305. The first-order chi connectivity index (χ1) is 12.9. The van der Waals surface area contributed by atoms with Crippen LogP contribution in [0.1, 0.15) is 23.2 Å². The summed E-state index contributed by atoms with van der Waals surface area (Å²) in [6.07, 6.45) is -0.530. The molecule has 2 rings (SSSR count). The number of carboxylic acids is 1. The van der Waals surface area contributed by atoms with Crippen molar-refractivity contribution in [2.75, 3.05) is 24.9 Å². The van der Waals surface area contributed by atoms with Gasteiger partial charge < -0.3 is 30.0 Å². The van der Waals surface area contributed by atoms with Crippen LogP contribution in [0, 0.1) is 0 Å². The number of ether oxygens (including phenoxy) is 2. The van der Waals surface area contributed by atoms with Crippen molar-refractivity contribution in [3.63, 3.8) is 0 Å². The van der Waals surface area contributed by atoms with E-state index in [1.165, 1.54) is 14.2 Å². The molecule has 0 heterocycles. The van der Waals surface area contributed by atoms with Crippen molar-refractivity contribution in [2.24, 2.45) is 0 Å². The van der Waals surface area contributed by atoms with E-state index < -0.39 is 11.9 Å². The fourth-order valence-electron chi connectivity index (χ4n) is 2.24. The highest BCUT2D eigenvalue weighted by molar-refractivity contribution is 6.05. The Bertz CT molecular complexity index is 833. The second kappa shape index (κ2) is 9.23. The van der Waals surface area contributed by atoms with Crippen LogP contribution < -0.4 is 25.2 Å². The molecule has 0 atom stereocenters. The van der Waals surface area contributed by atoms with Crippen LogP contribution in [-0.4, -0.2) is 32.0 Å². The van der Waals surface area contributed by atoms with Crippen molar-refractivity contribution in [1.29, 1.82) is 0 Å². The SMILES string of the molecule is COc1ccc(NC(=O)c2ccc(NC(=O)CCC(=O)[O-])cc2)c(OC)c1. The molecule has 8 heteroatoms. The molecule has 0 radical (unpaired) electrons. The Morgan fingerprint density at radius 3 is 2.22 bits per heavy atom. The number of methoxy groups -OCH3 is 2. The van der Waals surface area contributed by atoms with Gasteiger partial charge in [0.15, 0.2) is 0 Å². The molecule has 2 N–H and O–H groups in total. The molecule has 2 amide bonds. The number of anilines is 2. The van der Waals surface area contributed by atoms with Gasteiger partial charge in [-0.1, -0.05) is 0 Å². The molecule has 0 aliphatic carbocycles. The Morgan fingerprint density at radius 2 is 1.63 bits per heavy atom. The lowest BCUT2D eigenvalue weighted by atomic mass is 10.1. The van der Waals surface area contributed by atoms with Crippen LogP contribution in [0.3, 0.4) is 0 Å². The smallest absolute Gasteiger partial charge is 0.255 e. The molecule has 2 aromatic carbocycles. The Kier molecular flexibility index (Phi) is 6.76. The Morgan fingerprint density at radius 1 is 0.926 bits per heavy atom. The summed E-state index contributed by atoms with van der Waals surface area (Å²) in [5, 5.41) is 15.6. The Hall–Kier alpha value is -3.55. The zero-order chi connectivity index (χ0) is 19.8. The maximum absolute atomic E-state index is 12.4. The van der Waals surface area contributed by atoms with E-state index in [1.54, 1.807) is 42.5 Å². The summed E-state index contributed by atoms with van der Waals surface area (Å²) in [5.74, 6) is -1.03. The number of aliphatic carboxylic acids is 1. The molecule has 0 bridgehead atoms. The highest BCUT2D eigenvalue weighted by Crippen LogP contribution is 2.29. The third kappa shape index (κ3) is 5.74. The van der Waals surface area contributed by atoms with Crippen molar-refractivity contribution in [3.05, 3.63) is 48.0 Å². The van der Waals surface area contributed by atoms with Gasteiger partial charge in [0.05, 0.1) is 19.9 Å². The molecule has 27 heavy (non-hydrogen) atoms. The van der Waals surface area contributed by atoms with Crippen LogP contribution in [0.4, 0.5) is 11.4 Å². The number of carbonyl (C=O) groups is 3. The second-order valence-corrected chi connectivity index (χ2v) is 5.52. The normalized spacial score (nSPS) is 10.0. The Labute approximate surface area is 156 Å². The van der Waals surface area contributed by atoms with E-state index in [2.05, 4.69) is 10.6 Å². The maximum Gasteiger partial charge on any atom is 0.255 e. The molecular formula is C19H19N2O6-. The number of hydrogen-bond acceptors (Lipinski definition) is 6. The molecule has 0 unspecified atom stereocenters. The minimum Gasteiger partial charge on any atom is -0.550 e. The van der Waals surface area contributed by atoms with E-state index >= 15 is 0 Å². The number of benzene rings is 2. The minimum atomic E-state index is -1.29. The highest BCUT2D eigenvalue weighted by Gasteiger charge is 2.11. The quantitative estimate of drug-likeness (QED) is 0.725. The molecule has 2 aromatic rings. The summed E-state index contributed by atoms with van der Waals surface area (Å²) in [7, 11) is 3.02. The van der Waals surface area contributed by atoms with Gasteiger partial charge in [-0.3, -0.25) is 9.59 Å². The molecule has 0 aliphatic rings. The molecule has 0 spiro atoms. The van der Waals surface area contributed by atoms with E-state index in [-0.39, 0.29) is 18.7 Å². The standard InChI is InChI=1S/C19H20N2O6/c1-26-14-7-8-15(16(11-14)27-2)21-19(25)12-3-5-13(6-4-12)20-17(22)9-10-18(23)24/h3-8,11H,9-10H2,1-2H3,(H,20,22)(H,21,25)(H,23,24)/p-1. The fourth-order valence-corrected chi connectivity index (χ4v) is 2.24. The van der Waals surface area contributed by atoms with Crippen LogP contribution >= 0.6 is 0 Å². The summed E-state index contributed by atoms with van der Waals surface area (Å²) in [6.45, 7) is 0. The lowest BCUT2D eigenvalue weighted by Crippen LogP contribution is -2.24. The van der Waals surface area contributed by atoms with E-state index in [9.17, 15) is 19.5 Å². The van der Waals surface area contributed by atoms with Crippen LogP contribution in [-0.2, 0) is 9.59 Å².